The Morgan fingerprint density at radius 2 is 1.43 bits per heavy atom. The van der Waals surface area contributed by atoms with Gasteiger partial charge in [0.1, 0.15) is 0 Å². The third-order valence-corrected chi connectivity index (χ3v) is 4.51. The first-order valence-corrected chi connectivity index (χ1v) is 8.84. The molecule has 0 amide bonds. The number of fused-ring (bicyclic) bond motifs is 1. The lowest BCUT2D eigenvalue weighted by molar-refractivity contribution is 0.563. The van der Waals surface area contributed by atoms with Crippen molar-refractivity contribution >= 4 is 11.3 Å². The van der Waals surface area contributed by atoms with Gasteiger partial charge in [0.25, 0.3) is 0 Å². The van der Waals surface area contributed by atoms with Gasteiger partial charge in [-0.05, 0) is 31.4 Å². The maximum atomic E-state index is 4.78. The Morgan fingerprint density at radius 3 is 2.10 bits per heavy atom. The largest absolute Gasteiger partial charge is 0.253 e. The number of rotatable bonds is 10. The predicted molar refractivity (Wildman–Crippen MR) is 92.7 cm³/mol. The molecule has 0 aliphatic carbocycles. The molecule has 0 bridgehead atoms. The summed E-state index contributed by atoms with van der Waals surface area (Å²) in [6.07, 6.45) is 13.7. The lowest BCUT2D eigenvalue weighted by Crippen LogP contribution is -1.93. The van der Waals surface area contributed by atoms with Gasteiger partial charge in [0.15, 0.2) is 0 Å². The van der Waals surface area contributed by atoms with Crippen LogP contribution in [0.3, 0.4) is 0 Å². The minimum Gasteiger partial charge on any atom is -0.253 e. The Bertz CT molecular complexity index is 459. The molecule has 2 rings (SSSR count). The number of hydrogen-bond acceptors (Lipinski definition) is 0. The van der Waals surface area contributed by atoms with Crippen LogP contribution in [0.4, 0.5) is 5.69 Å². The van der Waals surface area contributed by atoms with Crippen molar-refractivity contribution in [3.8, 4) is 0 Å². The summed E-state index contributed by atoms with van der Waals surface area (Å²) < 4.78 is 0. The van der Waals surface area contributed by atoms with Gasteiger partial charge in [0.2, 0.25) is 0 Å². The second kappa shape index (κ2) is 8.92. The lowest BCUT2D eigenvalue weighted by Gasteiger charge is -2.04. The maximum Gasteiger partial charge on any atom is 0.0708 e. The molecule has 1 nitrogen and oxygen atoms in total. The second-order valence-electron chi connectivity index (χ2n) is 6.28. The highest BCUT2D eigenvalue weighted by Crippen LogP contribution is 2.35. The fraction of sp³-hybridized carbons (Fsp3) is 0.600. The Kier molecular flexibility index (Phi) is 6.85. The summed E-state index contributed by atoms with van der Waals surface area (Å²) in [6, 6.07) is 8.51. The summed E-state index contributed by atoms with van der Waals surface area (Å²) >= 11 is 0. The van der Waals surface area contributed by atoms with E-state index in [-0.39, 0.29) is 0 Å². The van der Waals surface area contributed by atoms with Gasteiger partial charge >= 0.3 is 0 Å². The molecule has 0 spiro atoms. The molecule has 0 aromatic heterocycles. The van der Waals surface area contributed by atoms with Crippen molar-refractivity contribution in [2.24, 2.45) is 0 Å². The van der Waals surface area contributed by atoms with E-state index >= 15 is 0 Å². The average Bonchev–Trinajstić information content (AvgIpc) is 2.83. The quantitative estimate of drug-likeness (QED) is 0.430. The summed E-state index contributed by atoms with van der Waals surface area (Å²) in [4.78, 5) is 0. The highest BCUT2D eigenvalue weighted by molar-refractivity contribution is 5.80. The number of para-hydroxylation sites is 1. The van der Waals surface area contributed by atoms with E-state index in [0.29, 0.717) is 0 Å². The molecule has 1 aromatic carbocycles. The van der Waals surface area contributed by atoms with Gasteiger partial charge in [-0.2, -0.15) is 0 Å². The van der Waals surface area contributed by atoms with Gasteiger partial charge in [0, 0.05) is 11.3 Å². The van der Waals surface area contributed by atoms with Crippen LogP contribution in [0.1, 0.15) is 83.6 Å². The third-order valence-electron chi connectivity index (χ3n) is 4.51. The molecule has 1 heteroatoms. The van der Waals surface area contributed by atoms with Crippen molar-refractivity contribution in [2.45, 2.75) is 78.1 Å². The normalized spacial score (nSPS) is 13.4. The zero-order chi connectivity index (χ0) is 14.9. The van der Waals surface area contributed by atoms with Crippen LogP contribution in [0.2, 0.25) is 0 Å². The van der Waals surface area contributed by atoms with Crippen molar-refractivity contribution in [3.05, 3.63) is 35.5 Å². The Hall–Kier alpha value is -1.24. The maximum absolute atomic E-state index is 4.78. The van der Waals surface area contributed by atoms with Crippen LogP contribution >= 0.6 is 0 Å². The highest BCUT2D eigenvalue weighted by atomic mass is 14.9. The van der Waals surface area contributed by atoms with Gasteiger partial charge in [0.05, 0.1) is 5.69 Å². The van der Waals surface area contributed by atoms with E-state index in [4.69, 9.17) is 5.32 Å². The summed E-state index contributed by atoms with van der Waals surface area (Å²) in [5.41, 5.74) is 5.22. The number of nitrogens with zero attached hydrogens (tertiary/aromatic N) is 1. The monoisotopic (exact) mass is 284 g/mol. The number of unbranched alkanes of at least 4 members (excludes halogenated alkanes) is 8. The second-order valence-corrected chi connectivity index (χ2v) is 6.28. The van der Waals surface area contributed by atoms with E-state index in [2.05, 4.69) is 38.1 Å². The van der Waals surface area contributed by atoms with Gasteiger partial charge < -0.3 is 0 Å². The summed E-state index contributed by atoms with van der Waals surface area (Å²) in [6.45, 7) is 4.50. The van der Waals surface area contributed by atoms with Gasteiger partial charge in [-0.15, -0.1) is 0 Å². The van der Waals surface area contributed by atoms with E-state index in [0.717, 1.165) is 6.42 Å². The number of hydrogen-bond donors (Lipinski definition) is 0. The van der Waals surface area contributed by atoms with Crippen LogP contribution in [-0.2, 0) is 0 Å². The van der Waals surface area contributed by atoms with Crippen molar-refractivity contribution < 1.29 is 0 Å². The van der Waals surface area contributed by atoms with E-state index < -0.39 is 0 Å². The first-order valence-electron chi connectivity index (χ1n) is 8.84. The highest BCUT2D eigenvalue weighted by Gasteiger charge is 2.18. The molecule has 115 valence electrons. The third kappa shape index (κ3) is 4.91. The first-order chi connectivity index (χ1) is 10.3. The molecule has 0 saturated heterocycles. The molecule has 1 aromatic rings. The van der Waals surface area contributed by atoms with E-state index in [1.165, 1.54) is 80.3 Å². The molecule has 1 aliphatic heterocycles. The Morgan fingerprint density at radius 1 is 0.810 bits per heavy atom. The predicted octanol–water partition coefficient (Wildman–Crippen LogP) is 6.59. The fourth-order valence-corrected chi connectivity index (χ4v) is 3.12. The van der Waals surface area contributed by atoms with Crippen LogP contribution in [-0.4, -0.2) is 0 Å². The van der Waals surface area contributed by atoms with E-state index in [9.17, 15) is 0 Å². The minimum atomic E-state index is 1.15. The van der Waals surface area contributed by atoms with Crippen molar-refractivity contribution in [1.82, 2.24) is 5.32 Å². The SMILES string of the molecule is CCCCCCCCCCCC1=C(C)c2ccccc2[N]1. The number of allylic oxidation sites excluding steroid dienone is 2. The zero-order valence-corrected chi connectivity index (χ0v) is 13.8. The van der Waals surface area contributed by atoms with Crippen LogP contribution < -0.4 is 5.32 Å². The van der Waals surface area contributed by atoms with Crippen LogP contribution in [0.25, 0.3) is 5.57 Å². The minimum absolute atomic E-state index is 1.15. The first kappa shape index (κ1) is 16.1. The van der Waals surface area contributed by atoms with Crippen molar-refractivity contribution in [2.75, 3.05) is 0 Å². The summed E-state index contributed by atoms with van der Waals surface area (Å²) in [5, 5.41) is 4.78. The van der Waals surface area contributed by atoms with Crippen molar-refractivity contribution in [3.63, 3.8) is 0 Å². The topological polar surface area (TPSA) is 14.1 Å². The molecule has 0 fully saturated rings. The molecule has 1 aliphatic rings. The van der Waals surface area contributed by atoms with Gasteiger partial charge in [-0.1, -0.05) is 76.5 Å². The molecule has 0 saturated carbocycles. The standard InChI is InChI=1S/C20H30N/c1-3-4-5-6-7-8-9-10-11-15-19-17(2)18-14-12-13-16-20(18)21-19/h12-14,16H,3-11,15H2,1-2H3. The molecule has 1 radical (unpaired) electrons. The number of benzene rings is 1. The van der Waals surface area contributed by atoms with Gasteiger partial charge in [-0.3, -0.25) is 5.32 Å². The van der Waals surface area contributed by atoms with Crippen LogP contribution in [0.15, 0.2) is 30.0 Å². The molecular weight excluding hydrogens is 254 g/mol. The average molecular weight is 284 g/mol. The molecule has 0 unspecified atom stereocenters. The van der Waals surface area contributed by atoms with Crippen molar-refractivity contribution in [1.29, 1.82) is 0 Å². The van der Waals surface area contributed by atoms with Crippen LogP contribution in [0, 0.1) is 0 Å². The summed E-state index contributed by atoms with van der Waals surface area (Å²) in [7, 11) is 0. The van der Waals surface area contributed by atoms with Crippen LogP contribution in [0.5, 0.6) is 0 Å². The fourth-order valence-electron chi connectivity index (χ4n) is 3.12. The molecule has 0 atom stereocenters. The smallest absolute Gasteiger partial charge is 0.0708 e. The molecule has 21 heavy (non-hydrogen) atoms. The molecule has 1 heterocycles. The molecular formula is C20H30N. The Balaban J connectivity index is 1.57. The molecule has 0 N–H and O–H groups in total. The summed E-state index contributed by atoms with van der Waals surface area (Å²) in [5.74, 6) is 0. The van der Waals surface area contributed by atoms with E-state index in [1.54, 1.807) is 0 Å². The lowest BCUT2D eigenvalue weighted by atomic mass is 10.0. The zero-order valence-electron chi connectivity index (χ0n) is 13.8. The van der Waals surface area contributed by atoms with Gasteiger partial charge in [-0.25, -0.2) is 0 Å². The Labute approximate surface area is 130 Å². The van der Waals surface area contributed by atoms with E-state index in [1.807, 2.05) is 0 Å².